The van der Waals surface area contributed by atoms with Gasteiger partial charge in [0.05, 0.1) is 17.8 Å². The first-order chi connectivity index (χ1) is 9.06. The second-order valence-corrected chi connectivity index (χ2v) is 4.97. The summed E-state index contributed by atoms with van der Waals surface area (Å²) in [6.45, 7) is 4.09. The van der Waals surface area contributed by atoms with Crippen LogP contribution in [0, 0.1) is 0 Å². The fourth-order valence-corrected chi connectivity index (χ4v) is 2.36. The number of carbonyl (C=O) groups is 1. The number of hydrogen-bond acceptors (Lipinski definition) is 2. The van der Waals surface area contributed by atoms with Crippen LogP contribution in [0.2, 0.25) is 5.02 Å². The van der Waals surface area contributed by atoms with Gasteiger partial charge in [-0.3, -0.25) is 0 Å². The van der Waals surface area contributed by atoms with Crippen molar-refractivity contribution in [2.24, 2.45) is 0 Å². The zero-order chi connectivity index (χ0) is 14.0. The summed E-state index contributed by atoms with van der Waals surface area (Å²) >= 11 is 6.20. The van der Waals surface area contributed by atoms with Crippen LogP contribution in [0.1, 0.15) is 30.2 Å². The van der Waals surface area contributed by atoms with Crippen LogP contribution in [-0.2, 0) is 4.74 Å². The van der Waals surface area contributed by atoms with E-state index in [-0.39, 0.29) is 6.04 Å². The number of benzene rings is 1. The summed E-state index contributed by atoms with van der Waals surface area (Å²) in [6.07, 6.45) is 1.78. The molecule has 0 unspecified atom stereocenters. The second kappa shape index (κ2) is 5.49. The standard InChI is InChI=1S/C15H16ClNO2/c1-10(2)17-9-12(16)13(15(18)19-3)14(17)11-7-5-4-6-8-11/h4-10H,1-3H3. The Kier molecular flexibility index (Phi) is 3.96. The Morgan fingerprint density at radius 3 is 2.42 bits per heavy atom. The van der Waals surface area contributed by atoms with Gasteiger partial charge in [-0.25, -0.2) is 4.79 Å². The molecule has 3 nitrogen and oxygen atoms in total. The molecular weight excluding hydrogens is 262 g/mol. The Hall–Kier alpha value is -1.74. The van der Waals surface area contributed by atoms with E-state index in [2.05, 4.69) is 0 Å². The Morgan fingerprint density at radius 2 is 1.89 bits per heavy atom. The molecule has 0 saturated heterocycles. The molecule has 1 aromatic carbocycles. The molecule has 2 rings (SSSR count). The van der Waals surface area contributed by atoms with Crippen LogP contribution < -0.4 is 0 Å². The molecule has 4 heteroatoms. The lowest BCUT2D eigenvalue weighted by molar-refractivity contribution is 0.0602. The fraction of sp³-hybridized carbons (Fsp3) is 0.267. The molecule has 19 heavy (non-hydrogen) atoms. The van der Waals surface area contributed by atoms with E-state index in [1.165, 1.54) is 7.11 Å². The van der Waals surface area contributed by atoms with Crippen LogP contribution in [0.3, 0.4) is 0 Å². The minimum absolute atomic E-state index is 0.200. The summed E-state index contributed by atoms with van der Waals surface area (Å²) in [5.41, 5.74) is 2.17. The van der Waals surface area contributed by atoms with Crippen molar-refractivity contribution < 1.29 is 9.53 Å². The predicted octanol–water partition coefficient (Wildman–Crippen LogP) is 4.18. The lowest BCUT2D eigenvalue weighted by Crippen LogP contribution is -2.07. The van der Waals surface area contributed by atoms with Gasteiger partial charge in [0.2, 0.25) is 0 Å². The number of halogens is 1. The van der Waals surface area contributed by atoms with E-state index in [4.69, 9.17) is 16.3 Å². The number of nitrogens with zero attached hydrogens (tertiary/aromatic N) is 1. The lowest BCUT2D eigenvalue weighted by Gasteiger charge is -2.14. The van der Waals surface area contributed by atoms with Crippen molar-refractivity contribution in [3.63, 3.8) is 0 Å². The van der Waals surface area contributed by atoms with Crippen molar-refractivity contribution in [1.82, 2.24) is 4.57 Å². The van der Waals surface area contributed by atoms with Gasteiger partial charge in [-0.1, -0.05) is 41.9 Å². The number of hydrogen-bond donors (Lipinski definition) is 0. The van der Waals surface area contributed by atoms with Crippen LogP contribution in [-0.4, -0.2) is 17.6 Å². The Bertz CT molecular complexity index is 588. The van der Waals surface area contributed by atoms with Crippen molar-refractivity contribution in [2.75, 3.05) is 7.11 Å². The molecule has 100 valence electrons. The molecule has 0 aliphatic heterocycles. The van der Waals surface area contributed by atoms with Gasteiger partial charge < -0.3 is 9.30 Å². The molecule has 0 spiro atoms. The molecule has 2 aromatic rings. The first kappa shape index (κ1) is 13.7. The summed E-state index contributed by atoms with van der Waals surface area (Å²) in [6, 6.07) is 9.91. The van der Waals surface area contributed by atoms with Crippen LogP contribution in [0.5, 0.6) is 0 Å². The monoisotopic (exact) mass is 277 g/mol. The zero-order valence-electron chi connectivity index (χ0n) is 11.2. The lowest BCUT2D eigenvalue weighted by atomic mass is 10.1. The maximum Gasteiger partial charge on any atom is 0.341 e. The minimum Gasteiger partial charge on any atom is -0.465 e. The average molecular weight is 278 g/mol. The van der Waals surface area contributed by atoms with Gasteiger partial charge in [-0.05, 0) is 19.4 Å². The molecule has 0 N–H and O–H groups in total. The van der Waals surface area contributed by atoms with Crippen molar-refractivity contribution in [2.45, 2.75) is 19.9 Å². The molecule has 0 radical (unpaired) electrons. The third-order valence-corrected chi connectivity index (χ3v) is 3.27. The Morgan fingerprint density at radius 1 is 1.26 bits per heavy atom. The van der Waals surface area contributed by atoms with Crippen LogP contribution in [0.15, 0.2) is 36.5 Å². The van der Waals surface area contributed by atoms with Gasteiger partial charge in [0.25, 0.3) is 0 Å². The molecule has 0 amide bonds. The van der Waals surface area contributed by atoms with Crippen molar-refractivity contribution in [3.05, 3.63) is 47.1 Å². The SMILES string of the molecule is COC(=O)c1c(Cl)cn(C(C)C)c1-c1ccccc1. The van der Waals surface area contributed by atoms with Crippen LogP contribution >= 0.6 is 11.6 Å². The molecule has 1 heterocycles. The summed E-state index contributed by atoms with van der Waals surface area (Å²) in [7, 11) is 1.36. The van der Waals surface area contributed by atoms with E-state index in [1.807, 2.05) is 48.7 Å². The van der Waals surface area contributed by atoms with Crippen LogP contribution in [0.4, 0.5) is 0 Å². The highest BCUT2D eigenvalue weighted by atomic mass is 35.5. The number of esters is 1. The van der Waals surface area contributed by atoms with Crippen molar-refractivity contribution in [1.29, 1.82) is 0 Å². The van der Waals surface area contributed by atoms with Gasteiger partial charge in [0.1, 0.15) is 5.56 Å². The molecule has 0 saturated carbocycles. The number of carbonyl (C=O) groups excluding carboxylic acids is 1. The van der Waals surface area contributed by atoms with E-state index in [0.29, 0.717) is 10.6 Å². The normalized spacial score (nSPS) is 10.8. The number of methoxy groups -OCH3 is 1. The molecule has 0 atom stereocenters. The Labute approximate surface area is 117 Å². The van der Waals surface area contributed by atoms with Gasteiger partial charge >= 0.3 is 5.97 Å². The maximum absolute atomic E-state index is 11.9. The maximum atomic E-state index is 11.9. The largest absolute Gasteiger partial charge is 0.465 e. The van der Waals surface area contributed by atoms with E-state index in [9.17, 15) is 4.79 Å². The molecule has 0 aliphatic rings. The smallest absolute Gasteiger partial charge is 0.341 e. The van der Waals surface area contributed by atoms with E-state index in [0.717, 1.165) is 11.3 Å². The molecule has 0 aliphatic carbocycles. The van der Waals surface area contributed by atoms with Gasteiger partial charge in [-0.15, -0.1) is 0 Å². The second-order valence-electron chi connectivity index (χ2n) is 4.56. The summed E-state index contributed by atoms with van der Waals surface area (Å²) in [5, 5.41) is 0.416. The van der Waals surface area contributed by atoms with Crippen molar-refractivity contribution in [3.8, 4) is 11.3 Å². The van der Waals surface area contributed by atoms with Gasteiger partial charge in [0.15, 0.2) is 0 Å². The topological polar surface area (TPSA) is 31.2 Å². The average Bonchev–Trinajstić information content (AvgIpc) is 2.76. The van der Waals surface area contributed by atoms with Gasteiger partial charge in [0, 0.05) is 12.2 Å². The molecule has 0 bridgehead atoms. The van der Waals surface area contributed by atoms with Gasteiger partial charge in [-0.2, -0.15) is 0 Å². The summed E-state index contributed by atoms with van der Waals surface area (Å²) in [5.74, 6) is -0.414. The number of ether oxygens (including phenoxy) is 1. The highest BCUT2D eigenvalue weighted by Gasteiger charge is 2.23. The van der Waals surface area contributed by atoms with Crippen molar-refractivity contribution >= 4 is 17.6 Å². The summed E-state index contributed by atoms with van der Waals surface area (Å²) in [4.78, 5) is 11.9. The highest BCUT2D eigenvalue weighted by molar-refractivity contribution is 6.34. The third kappa shape index (κ3) is 2.51. The quantitative estimate of drug-likeness (QED) is 0.788. The first-order valence-electron chi connectivity index (χ1n) is 6.10. The third-order valence-electron chi connectivity index (χ3n) is 2.98. The first-order valence-corrected chi connectivity index (χ1v) is 6.48. The molecule has 0 fully saturated rings. The van der Waals surface area contributed by atoms with E-state index in [1.54, 1.807) is 6.20 Å². The Balaban J connectivity index is 2.71. The number of aromatic nitrogens is 1. The highest BCUT2D eigenvalue weighted by Crippen LogP contribution is 2.34. The summed E-state index contributed by atoms with van der Waals surface area (Å²) < 4.78 is 6.83. The van der Waals surface area contributed by atoms with E-state index < -0.39 is 5.97 Å². The predicted molar refractivity (Wildman–Crippen MR) is 76.6 cm³/mol. The molecular formula is C15H16ClNO2. The number of rotatable bonds is 3. The zero-order valence-corrected chi connectivity index (χ0v) is 11.9. The fourth-order valence-electron chi connectivity index (χ4n) is 2.09. The molecule has 1 aromatic heterocycles. The van der Waals surface area contributed by atoms with Crippen LogP contribution in [0.25, 0.3) is 11.3 Å². The minimum atomic E-state index is -0.414. The van der Waals surface area contributed by atoms with E-state index >= 15 is 0 Å².